The number of nitrogens with zero attached hydrogens (tertiary/aromatic N) is 1. The molecule has 1 aliphatic rings. The molecule has 1 aromatic rings. The van der Waals surface area contributed by atoms with E-state index in [1.807, 2.05) is 0 Å². The molecule has 0 aromatic carbocycles. The molecule has 0 unspecified atom stereocenters. The van der Waals surface area contributed by atoms with Crippen LogP contribution in [-0.2, 0) is 16.0 Å². The van der Waals surface area contributed by atoms with Crippen molar-refractivity contribution in [3.8, 4) is 0 Å². The van der Waals surface area contributed by atoms with Crippen LogP contribution < -0.4 is 11.2 Å². The van der Waals surface area contributed by atoms with E-state index >= 15 is 0 Å². The Balaban J connectivity index is 2.45. The zero-order chi connectivity index (χ0) is 14.9. The van der Waals surface area contributed by atoms with E-state index in [2.05, 4.69) is 4.98 Å². The maximum Gasteiger partial charge on any atom is 0.328 e. The summed E-state index contributed by atoms with van der Waals surface area (Å²) in [7, 11) is 1.38. The Morgan fingerprint density at radius 3 is 2.75 bits per heavy atom. The Morgan fingerprint density at radius 2 is 2.20 bits per heavy atom. The highest BCUT2D eigenvalue weighted by Crippen LogP contribution is 2.33. The Bertz CT molecular complexity index is 580. The van der Waals surface area contributed by atoms with Crippen molar-refractivity contribution in [2.45, 2.75) is 37.9 Å². The molecule has 2 rings (SSSR count). The largest absolute Gasteiger partial charge is 0.394 e. The second kappa shape index (κ2) is 5.88. The van der Waals surface area contributed by atoms with E-state index in [4.69, 9.17) is 14.6 Å². The van der Waals surface area contributed by atoms with E-state index in [1.54, 1.807) is 6.92 Å². The molecule has 0 bridgehead atoms. The first kappa shape index (κ1) is 14.9. The van der Waals surface area contributed by atoms with Crippen LogP contribution in [-0.4, -0.2) is 51.8 Å². The molecule has 1 aliphatic heterocycles. The molecule has 8 heteroatoms. The van der Waals surface area contributed by atoms with Gasteiger partial charge in [0.05, 0.1) is 12.2 Å². The van der Waals surface area contributed by atoms with Gasteiger partial charge in [-0.05, 0) is 6.92 Å². The van der Waals surface area contributed by atoms with Crippen LogP contribution in [0.1, 0.15) is 18.6 Å². The molecule has 1 fully saturated rings. The Hall–Kier alpha value is -1.48. The van der Waals surface area contributed by atoms with Gasteiger partial charge in [-0.25, -0.2) is 4.79 Å². The number of aromatic amines is 1. The standard InChI is InChI=1S/C12H18N2O6/c1-3-14-4-6(11(17)13-12(14)18)9-10(19-2)8(16)7(5-15)20-9/h4,7-10,15-16H,3,5H2,1-2H3,(H,13,17,18)/t7-,8-,9-,10-/m1/s1. The highest BCUT2D eigenvalue weighted by molar-refractivity contribution is 5.14. The van der Waals surface area contributed by atoms with Crippen LogP contribution in [0.2, 0.25) is 0 Å². The number of methoxy groups -OCH3 is 1. The minimum atomic E-state index is -1.04. The smallest absolute Gasteiger partial charge is 0.328 e. The lowest BCUT2D eigenvalue weighted by Crippen LogP contribution is -2.36. The van der Waals surface area contributed by atoms with E-state index in [9.17, 15) is 14.7 Å². The summed E-state index contributed by atoms with van der Waals surface area (Å²) in [6.45, 7) is 1.76. The molecule has 0 spiro atoms. The minimum absolute atomic E-state index is 0.188. The van der Waals surface area contributed by atoms with Crippen molar-refractivity contribution in [1.29, 1.82) is 0 Å². The molecule has 0 saturated carbocycles. The van der Waals surface area contributed by atoms with Crippen molar-refractivity contribution >= 4 is 0 Å². The molecule has 112 valence electrons. The summed E-state index contributed by atoms with van der Waals surface area (Å²) in [5, 5.41) is 19.1. The maximum atomic E-state index is 11.9. The highest BCUT2D eigenvalue weighted by atomic mass is 16.6. The van der Waals surface area contributed by atoms with E-state index in [0.717, 1.165) is 0 Å². The van der Waals surface area contributed by atoms with Gasteiger partial charge < -0.3 is 24.3 Å². The fourth-order valence-electron chi connectivity index (χ4n) is 2.37. The van der Waals surface area contributed by atoms with E-state index in [0.29, 0.717) is 6.54 Å². The van der Waals surface area contributed by atoms with Gasteiger partial charge in [0.2, 0.25) is 0 Å². The highest BCUT2D eigenvalue weighted by Gasteiger charge is 2.45. The Labute approximate surface area is 114 Å². The summed E-state index contributed by atoms with van der Waals surface area (Å²) in [6, 6.07) is 0. The number of aliphatic hydroxyl groups excluding tert-OH is 2. The number of aliphatic hydroxyl groups is 2. The molecular formula is C12H18N2O6. The van der Waals surface area contributed by atoms with Crippen LogP contribution in [0.15, 0.2) is 15.8 Å². The Kier molecular flexibility index (Phi) is 4.39. The van der Waals surface area contributed by atoms with Crippen molar-refractivity contribution in [3.63, 3.8) is 0 Å². The summed E-state index contributed by atoms with van der Waals surface area (Å²) in [5.41, 5.74) is -0.904. The van der Waals surface area contributed by atoms with Gasteiger partial charge >= 0.3 is 5.69 Å². The van der Waals surface area contributed by atoms with Gasteiger partial charge in [0.1, 0.15) is 24.4 Å². The number of ether oxygens (including phenoxy) is 2. The second-order valence-corrected chi connectivity index (χ2v) is 4.60. The first-order chi connectivity index (χ1) is 9.53. The molecule has 1 aromatic heterocycles. The van der Waals surface area contributed by atoms with Gasteiger partial charge in [0.25, 0.3) is 5.56 Å². The maximum absolute atomic E-state index is 11.9. The molecule has 8 nitrogen and oxygen atoms in total. The molecule has 2 heterocycles. The zero-order valence-electron chi connectivity index (χ0n) is 11.3. The third-order valence-corrected chi connectivity index (χ3v) is 3.48. The predicted molar refractivity (Wildman–Crippen MR) is 68.5 cm³/mol. The van der Waals surface area contributed by atoms with E-state index < -0.39 is 35.7 Å². The van der Waals surface area contributed by atoms with Gasteiger partial charge in [-0.15, -0.1) is 0 Å². The monoisotopic (exact) mass is 286 g/mol. The van der Waals surface area contributed by atoms with Crippen LogP contribution in [0.3, 0.4) is 0 Å². The number of aromatic nitrogens is 2. The van der Waals surface area contributed by atoms with Gasteiger partial charge in [-0.2, -0.15) is 0 Å². The lowest BCUT2D eigenvalue weighted by molar-refractivity contribution is -0.0241. The second-order valence-electron chi connectivity index (χ2n) is 4.60. The van der Waals surface area contributed by atoms with Crippen molar-refractivity contribution < 1.29 is 19.7 Å². The summed E-state index contributed by atoms with van der Waals surface area (Å²) >= 11 is 0. The normalized spacial score (nSPS) is 29.8. The SMILES string of the molecule is CCn1cc([C@H]2O[C@H](CO)[C@@H](O)[C@H]2OC)c(=O)[nH]c1=O. The average molecular weight is 286 g/mol. The van der Waals surface area contributed by atoms with Crippen molar-refractivity contribution in [2.75, 3.05) is 13.7 Å². The summed E-state index contributed by atoms with van der Waals surface area (Å²) in [4.78, 5) is 25.6. The molecule has 3 N–H and O–H groups in total. The molecule has 1 saturated heterocycles. The molecule has 4 atom stereocenters. The van der Waals surface area contributed by atoms with E-state index in [1.165, 1.54) is 17.9 Å². The van der Waals surface area contributed by atoms with Gasteiger partial charge in [0, 0.05) is 19.9 Å². The lowest BCUT2D eigenvalue weighted by Gasteiger charge is -2.18. The van der Waals surface area contributed by atoms with Crippen molar-refractivity contribution in [2.24, 2.45) is 0 Å². The summed E-state index contributed by atoms with van der Waals surface area (Å²) in [5.74, 6) is 0. The average Bonchev–Trinajstić information content (AvgIpc) is 2.75. The molecule has 20 heavy (non-hydrogen) atoms. The fourth-order valence-corrected chi connectivity index (χ4v) is 2.37. The van der Waals surface area contributed by atoms with Crippen molar-refractivity contribution in [3.05, 3.63) is 32.6 Å². The third-order valence-electron chi connectivity index (χ3n) is 3.48. The predicted octanol–water partition coefficient (Wildman–Crippen LogP) is -1.64. The van der Waals surface area contributed by atoms with Crippen LogP contribution in [0.4, 0.5) is 0 Å². The van der Waals surface area contributed by atoms with Crippen LogP contribution in [0.5, 0.6) is 0 Å². The van der Waals surface area contributed by atoms with Gasteiger partial charge in [-0.1, -0.05) is 0 Å². The number of rotatable bonds is 4. The number of hydrogen-bond acceptors (Lipinski definition) is 6. The summed E-state index contributed by atoms with van der Waals surface area (Å²) < 4.78 is 12.0. The quantitative estimate of drug-likeness (QED) is 0.612. The van der Waals surface area contributed by atoms with Crippen molar-refractivity contribution in [1.82, 2.24) is 9.55 Å². The van der Waals surface area contributed by atoms with Crippen LogP contribution >= 0.6 is 0 Å². The molecule has 0 radical (unpaired) electrons. The van der Waals surface area contributed by atoms with Crippen LogP contribution in [0, 0.1) is 0 Å². The van der Waals surface area contributed by atoms with Gasteiger partial charge in [-0.3, -0.25) is 9.78 Å². The van der Waals surface area contributed by atoms with E-state index in [-0.39, 0.29) is 12.2 Å². The lowest BCUT2D eigenvalue weighted by atomic mass is 10.0. The zero-order valence-corrected chi connectivity index (χ0v) is 11.3. The number of aryl methyl sites for hydroxylation is 1. The summed E-state index contributed by atoms with van der Waals surface area (Å²) in [6.07, 6.45) is -2.10. The topological polar surface area (TPSA) is 114 Å². The molecular weight excluding hydrogens is 268 g/mol. The number of hydrogen-bond donors (Lipinski definition) is 3. The first-order valence-corrected chi connectivity index (χ1v) is 6.34. The Morgan fingerprint density at radius 1 is 1.50 bits per heavy atom. The van der Waals surface area contributed by atoms with Gasteiger partial charge in [0.15, 0.2) is 0 Å². The molecule has 0 amide bonds. The third kappa shape index (κ3) is 2.42. The number of H-pyrrole nitrogens is 1. The minimum Gasteiger partial charge on any atom is -0.394 e. The number of nitrogens with one attached hydrogen (secondary N) is 1. The van der Waals surface area contributed by atoms with Crippen LogP contribution in [0.25, 0.3) is 0 Å². The first-order valence-electron chi connectivity index (χ1n) is 6.34. The molecule has 0 aliphatic carbocycles. The fraction of sp³-hybridized carbons (Fsp3) is 0.667.